The highest BCUT2D eigenvalue weighted by Crippen LogP contribution is 2.37. The molecule has 1 heterocycles. The van der Waals surface area contributed by atoms with Gasteiger partial charge in [0.15, 0.2) is 6.61 Å². The fraction of sp³-hybridized carbons (Fsp3) is 0.474. The van der Waals surface area contributed by atoms with E-state index in [4.69, 9.17) is 0 Å². The molecule has 158 valence electrons. The Hall–Kier alpha value is -2.52. The fourth-order valence-corrected chi connectivity index (χ4v) is 3.32. The third-order valence-corrected chi connectivity index (χ3v) is 4.83. The van der Waals surface area contributed by atoms with Crippen molar-refractivity contribution in [1.29, 1.82) is 0 Å². The molecular formula is C19H19F6N3O. The molecule has 1 saturated carbocycles. The minimum Gasteiger partial charge on any atom is -0.467 e. The molecule has 0 N–H and O–H groups in total. The van der Waals surface area contributed by atoms with Crippen molar-refractivity contribution < 1.29 is 31.1 Å². The van der Waals surface area contributed by atoms with E-state index in [-0.39, 0.29) is 5.95 Å². The summed E-state index contributed by atoms with van der Waals surface area (Å²) >= 11 is 0. The summed E-state index contributed by atoms with van der Waals surface area (Å²) in [4.78, 5) is 8.64. The highest BCUT2D eigenvalue weighted by Gasteiger charge is 2.38. The summed E-state index contributed by atoms with van der Waals surface area (Å²) in [5, 5.41) is 0. The summed E-state index contributed by atoms with van der Waals surface area (Å²) in [6.45, 7) is -1.88. The van der Waals surface area contributed by atoms with E-state index in [2.05, 4.69) is 14.7 Å². The first-order chi connectivity index (χ1) is 13.5. The molecule has 0 aliphatic heterocycles. The van der Waals surface area contributed by atoms with E-state index < -0.39 is 30.4 Å². The van der Waals surface area contributed by atoms with E-state index in [0.717, 1.165) is 12.8 Å². The molecule has 0 saturated heterocycles. The lowest BCUT2D eigenvalue weighted by molar-refractivity contribution is -0.159. The molecule has 1 aromatic carbocycles. The van der Waals surface area contributed by atoms with Gasteiger partial charge in [-0.1, -0.05) is 25.0 Å². The van der Waals surface area contributed by atoms with Crippen LogP contribution in [-0.4, -0.2) is 29.8 Å². The van der Waals surface area contributed by atoms with Crippen molar-refractivity contribution in [3.8, 4) is 5.88 Å². The van der Waals surface area contributed by atoms with Crippen LogP contribution in [0, 0.1) is 0 Å². The first kappa shape index (κ1) is 21.2. The number of anilines is 2. The smallest absolute Gasteiger partial charge is 0.423 e. The van der Waals surface area contributed by atoms with Crippen molar-refractivity contribution in [2.75, 3.05) is 18.6 Å². The van der Waals surface area contributed by atoms with E-state index >= 15 is 0 Å². The van der Waals surface area contributed by atoms with Crippen molar-refractivity contribution in [3.63, 3.8) is 0 Å². The standard InChI is InChI=1S/C19H19F6N3O/c1-28(14-8-6-13(7-9-14)12-4-2-3-5-12)17-26-10-15(19(23,24)25)16(27-17)29-11-18(20,21)22/h6-10,12H,2-5,11H2,1H3. The van der Waals surface area contributed by atoms with Crippen LogP contribution in [-0.2, 0) is 6.18 Å². The summed E-state index contributed by atoms with van der Waals surface area (Å²) < 4.78 is 80.7. The molecule has 1 aliphatic rings. The topological polar surface area (TPSA) is 38.2 Å². The number of benzene rings is 1. The fourth-order valence-electron chi connectivity index (χ4n) is 3.32. The van der Waals surface area contributed by atoms with Crippen LogP contribution in [0.2, 0.25) is 0 Å². The van der Waals surface area contributed by atoms with Gasteiger partial charge in [0.2, 0.25) is 11.8 Å². The Kier molecular flexibility index (Phi) is 5.90. The molecule has 3 rings (SSSR count). The molecule has 2 aromatic rings. The summed E-state index contributed by atoms with van der Waals surface area (Å²) in [5.74, 6) is -0.864. The first-order valence-corrected chi connectivity index (χ1v) is 9.02. The monoisotopic (exact) mass is 419 g/mol. The van der Waals surface area contributed by atoms with E-state index in [1.165, 1.54) is 30.4 Å². The zero-order valence-corrected chi connectivity index (χ0v) is 15.5. The van der Waals surface area contributed by atoms with Crippen LogP contribution in [0.1, 0.15) is 42.7 Å². The molecule has 0 radical (unpaired) electrons. The average molecular weight is 419 g/mol. The van der Waals surface area contributed by atoms with E-state index in [1.54, 1.807) is 12.1 Å². The van der Waals surface area contributed by atoms with Crippen molar-refractivity contribution in [1.82, 2.24) is 9.97 Å². The maximum absolute atomic E-state index is 13.1. The first-order valence-electron chi connectivity index (χ1n) is 9.02. The SMILES string of the molecule is CN(c1ccc(C2CCCC2)cc1)c1ncc(C(F)(F)F)c(OCC(F)(F)F)n1. The van der Waals surface area contributed by atoms with Gasteiger partial charge in [-0.25, -0.2) is 4.98 Å². The molecule has 29 heavy (non-hydrogen) atoms. The highest BCUT2D eigenvalue weighted by molar-refractivity contribution is 5.57. The number of rotatable bonds is 5. The molecule has 0 unspecified atom stereocenters. The predicted molar refractivity (Wildman–Crippen MR) is 94.3 cm³/mol. The average Bonchev–Trinajstić information content (AvgIpc) is 3.19. The maximum Gasteiger partial charge on any atom is 0.423 e. The van der Waals surface area contributed by atoms with Gasteiger partial charge in [0, 0.05) is 18.9 Å². The molecule has 1 aromatic heterocycles. The Balaban J connectivity index is 1.85. The number of halogens is 6. The molecule has 0 amide bonds. The Bertz CT molecular complexity index is 829. The highest BCUT2D eigenvalue weighted by atomic mass is 19.4. The van der Waals surface area contributed by atoms with Gasteiger partial charge >= 0.3 is 12.4 Å². The van der Waals surface area contributed by atoms with Gasteiger partial charge < -0.3 is 9.64 Å². The zero-order chi connectivity index (χ0) is 21.2. The Morgan fingerprint density at radius 2 is 1.66 bits per heavy atom. The van der Waals surface area contributed by atoms with E-state index in [1.807, 2.05) is 12.1 Å². The van der Waals surface area contributed by atoms with Crippen LogP contribution < -0.4 is 9.64 Å². The van der Waals surface area contributed by atoms with Gasteiger partial charge in [0.05, 0.1) is 0 Å². The second-order valence-electron chi connectivity index (χ2n) is 6.92. The molecule has 1 aliphatic carbocycles. The Morgan fingerprint density at radius 3 is 2.21 bits per heavy atom. The Morgan fingerprint density at radius 1 is 1.03 bits per heavy atom. The van der Waals surface area contributed by atoms with Crippen molar-refractivity contribution >= 4 is 11.6 Å². The quantitative estimate of drug-likeness (QED) is 0.569. The van der Waals surface area contributed by atoms with Crippen LogP contribution in [0.15, 0.2) is 30.5 Å². The third-order valence-electron chi connectivity index (χ3n) is 4.83. The van der Waals surface area contributed by atoms with Crippen LogP contribution in [0.25, 0.3) is 0 Å². The lowest BCUT2D eigenvalue weighted by Crippen LogP contribution is -2.23. The van der Waals surface area contributed by atoms with Crippen LogP contribution in [0.3, 0.4) is 0 Å². The van der Waals surface area contributed by atoms with E-state index in [9.17, 15) is 26.3 Å². The maximum atomic E-state index is 13.1. The molecule has 1 fully saturated rings. The molecule has 10 heteroatoms. The second-order valence-corrected chi connectivity index (χ2v) is 6.92. The summed E-state index contributed by atoms with van der Waals surface area (Å²) in [6.07, 6.45) is -4.69. The molecule has 0 atom stereocenters. The van der Waals surface area contributed by atoms with Gasteiger partial charge in [0.1, 0.15) is 5.56 Å². The number of aromatic nitrogens is 2. The molecule has 4 nitrogen and oxygen atoms in total. The van der Waals surface area contributed by atoms with Gasteiger partial charge in [0.25, 0.3) is 0 Å². The van der Waals surface area contributed by atoms with E-state index in [0.29, 0.717) is 17.8 Å². The van der Waals surface area contributed by atoms with Gasteiger partial charge in [-0.3, -0.25) is 0 Å². The normalized spacial score (nSPS) is 15.6. The Labute approximate surface area is 163 Å². The number of alkyl halides is 6. The second kappa shape index (κ2) is 8.08. The number of hydrogen-bond donors (Lipinski definition) is 0. The molecule has 0 bridgehead atoms. The van der Waals surface area contributed by atoms with Crippen molar-refractivity contribution in [2.24, 2.45) is 0 Å². The van der Waals surface area contributed by atoms with Gasteiger partial charge in [-0.05, 0) is 36.5 Å². The van der Waals surface area contributed by atoms with Crippen molar-refractivity contribution in [2.45, 2.75) is 44.0 Å². The lowest BCUT2D eigenvalue weighted by Gasteiger charge is -2.20. The molecule has 0 spiro atoms. The molecular weight excluding hydrogens is 400 g/mol. The largest absolute Gasteiger partial charge is 0.467 e. The predicted octanol–water partition coefficient (Wildman–Crippen LogP) is 5.86. The van der Waals surface area contributed by atoms with Crippen LogP contribution in [0.5, 0.6) is 5.88 Å². The minimum atomic E-state index is -4.94. The van der Waals surface area contributed by atoms with Crippen LogP contribution in [0.4, 0.5) is 38.0 Å². The summed E-state index contributed by atoms with van der Waals surface area (Å²) in [5.41, 5.74) is 0.311. The lowest BCUT2D eigenvalue weighted by atomic mass is 9.97. The third kappa shape index (κ3) is 5.30. The summed E-state index contributed by atoms with van der Waals surface area (Å²) in [6, 6.07) is 7.44. The van der Waals surface area contributed by atoms with Gasteiger partial charge in [-0.2, -0.15) is 31.3 Å². The summed E-state index contributed by atoms with van der Waals surface area (Å²) in [7, 11) is 1.51. The zero-order valence-electron chi connectivity index (χ0n) is 15.5. The number of ether oxygens (including phenoxy) is 1. The van der Waals surface area contributed by atoms with Gasteiger partial charge in [-0.15, -0.1) is 0 Å². The van der Waals surface area contributed by atoms with Crippen LogP contribution >= 0.6 is 0 Å². The number of hydrogen-bond acceptors (Lipinski definition) is 4. The van der Waals surface area contributed by atoms with Crippen molar-refractivity contribution in [3.05, 3.63) is 41.6 Å². The minimum absolute atomic E-state index is 0.205. The number of nitrogens with zero attached hydrogens (tertiary/aromatic N) is 3.